The maximum atomic E-state index is 9.37. The summed E-state index contributed by atoms with van der Waals surface area (Å²) in [6.45, 7) is 0.326. The quantitative estimate of drug-likeness (QED) is 0.510. The highest BCUT2D eigenvalue weighted by molar-refractivity contribution is 6.35. The smallest absolute Gasteiger partial charge is 0.138 e. The van der Waals surface area contributed by atoms with Gasteiger partial charge in [0.15, 0.2) is 0 Å². The third kappa shape index (κ3) is 2.01. The minimum atomic E-state index is 0.0130. The third-order valence-corrected chi connectivity index (χ3v) is 1.91. The number of hydrogen-bond donors (Lipinski definition) is 3. The van der Waals surface area contributed by atoms with Crippen LogP contribution in [0.3, 0.4) is 0 Å². The predicted octanol–water partition coefficient (Wildman–Crippen LogP) is 1.66. The number of hydrogen-bond acceptors (Lipinski definition) is 3. The highest BCUT2D eigenvalue weighted by Gasteiger charge is 2.06. The summed E-state index contributed by atoms with van der Waals surface area (Å²) in [5.41, 5.74) is 2.98. The molecule has 1 aromatic carbocycles. The highest BCUT2D eigenvalue weighted by atomic mass is 35.5. The molecule has 0 aromatic heterocycles. The zero-order chi connectivity index (χ0) is 9.14. The van der Waals surface area contributed by atoms with Gasteiger partial charge in [-0.3, -0.25) is 11.3 Å². The van der Waals surface area contributed by atoms with Crippen LogP contribution in [0.15, 0.2) is 12.1 Å². The number of nitrogens with one attached hydrogen (secondary N) is 1. The van der Waals surface area contributed by atoms with Crippen molar-refractivity contribution in [1.29, 1.82) is 0 Å². The number of nitrogens with two attached hydrogens (primary N) is 1. The summed E-state index contributed by atoms with van der Waals surface area (Å²) >= 11 is 11.3. The van der Waals surface area contributed by atoms with Crippen molar-refractivity contribution in [3.8, 4) is 5.75 Å². The van der Waals surface area contributed by atoms with E-state index in [2.05, 4.69) is 5.43 Å². The summed E-state index contributed by atoms with van der Waals surface area (Å²) < 4.78 is 0. The van der Waals surface area contributed by atoms with Crippen molar-refractivity contribution in [1.82, 2.24) is 5.43 Å². The van der Waals surface area contributed by atoms with E-state index in [9.17, 15) is 5.11 Å². The molecule has 0 unspecified atom stereocenters. The Morgan fingerprint density at radius 2 is 2.08 bits per heavy atom. The molecule has 0 fully saturated rings. The van der Waals surface area contributed by atoms with Crippen LogP contribution in [0.4, 0.5) is 0 Å². The summed E-state index contributed by atoms with van der Waals surface area (Å²) in [6.07, 6.45) is 0. The van der Waals surface area contributed by atoms with Crippen LogP contribution in [0.25, 0.3) is 0 Å². The van der Waals surface area contributed by atoms with Crippen LogP contribution in [-0.4, -0.2) is 5.11 Å². The predicted molar refractivity (Wildman–Crippen MR) is 49.2 cm³/mol. The molecule has 5 heteroatoms. The number of halogens is 2. The Morgan fingerprint density at radius 1 is 1.42 bits per heavy atom. The average molecular weight is 207 g/mol. The first kappa shape index (κ1) is 9.61. The molecule has 0 saturated carbocycles. The topological polar surface area (TPSA) is 58.3 Å². The van der Waals surface area contributed by atoms with Gasteiger partial charge in [-0.2, -0.15) is 0 Å². The molecule has 12 heavy (non-hydrogen) atoms. The number of benzene rings is 1. The van der Waals surface area contributed by atoms with Crippen molar-refractivity contribution >= 4 is 23.2 Å². The van der Waals surface area contributed by atoms with Gasteiger partial charge in [0.25, 0.3) is 0 Å². The van der Waals surface area contributed by atoms with Gasteiger partial charge in [0.2, 0.25) is 0 Å². The Hall–Kier alpha value is -0.480. The van der Waals surface area contributed by atoms with E-state index in [-0.39, 0.29) is 10.8 Å². The molecule has 0 radical (unpaired) electrons. The minimum absolute atomic E-state index is 0.0130. The zero-order valence-corrected chi connectivity index (χ0v) is 7.65. The van der Waals surface area contributed by atoms with E-state index < -0.39 is 0 Å². The summed E-state index contributed by atoms with van der Waals surface area (Å²) in [5.74, 6) is 5.10. The van der Waals surface area contributed by atoms with Crippen molar-refractivity contribution in [2.45, 2.75) is 6.54 Å². The van der Waals surface area contributed by atoms with E-state index in [1.807, 2.05) is 0 Å². The molecule has 0 spiro atoms. The first-order chi connectivity index (χ1) is 5.65. The normalized spacial score (nSPS) is 10.2. The van der Waals surface area contributed by atoms with E-state index in [1.54, 1.807) is 6.07 Å². The Kier molecular flexibility index (Phi) is 3.17. The van der Waals surface area contributed by atoms with Gasteiger partial charge in [0, 0.05) is 17.1 Å². The van der Waals surface area contributed by atoms with Crippen LogP contribution in [0.1, 0.15) is 5.56 Å². The first-order valence-corrected chi connectivity index (χ1v) is 4.01. The molecular weight excluding hydrogens is 199 g/mol. The lowest BCUT2D eigenvalue weighted by molar-refractivity contribution is 0.465. The van der Waals surface area contributed by atoms with Gasteiger partial charge >= 0.3 is 0 Å². The molecule has 0 aliphatic carbocycles. The van der Waals surface area contributed by atoms with E-state index in [4.69, 9.17) is 29.0 Å². The Balaban J connectivity index is 3.09. The summed E-state index contributed by atoms with van der Waals surface area (Å²) in [5, 5.41) is 10.1. The molecule has 1 aromatic rings. The number of phenolic OH excluding ortho intramolecular Hbond substituents is 1. The second-order valence-corrected chi connectivity index (χ2v) is 3.12. The Morgan fingerprint density at radius 3 is 2.67 bits per heavy atom. The fraction of sp³-hybridized carbons (Fsp3) is 0.143. The van der Waals surface area contributed by atoms with Crippen molar-refractivity contribution < 1.29 is 5.11 Å². The molecule has 0 aliphatic rings. The summed E-state index contributed by atoms with van der Waals surface area (Å²) in [4.78, 5) is 0. The van der Waals surface area contributed by atoms with Crippen LogP contribution >= 0.6 is 23.2 Å². The second-order valence-electron chi connectivity index (χ2n) is 2.28. The SMILES string of the molecule is NNCc1cc(Cl)cc(Cl)c1O. The fourth-order valence-corrected chi connectivity index (χ4v) is 1.40. The van der Waals surface area contributed by atoms with Gasteiger partial charge in [-0.25, -0.2) is 0 Å². The van der Waals surface area contributed by atoms with E-state index in [0.717, 1.165) is 0 Å². The van der Waals surface area contributed by atoms with Crippen molar-refractivity contribution in [3.05, 3.63) is 27.7 Å². The second kappa shape index (κ2) is 3.96. The average Bonchev–Trinajstić information content (AvgIpc) is 2.00. The van der Waals surface area contributed by atoms with Crippen molar-refractivity contribution in [2.24, 2.45) is 5.84 Å². The molecule has 3 nitrogen and oxygen atoms in total. The molecule has 0 atom stereocenters. The molecule has 0 heterocycles. The van der Waals surface area contributed by atoms with Crippen LogP contribution in [0, 0.1) is 0 Å². The minimum Gasteiger partial charge on any atom is -0.506 e. The Labute approximate surface area is 80.1 Å². The van der Waals surface area contributed by atoms with Gasteiger partial charge in [-0.05, 0) is 12.1 Å². The van der Waals surface area contributed by atoms with Gasteiger partial charge < -0.3 is 5.11 Å². The van der Waals surface area contributed by atoms with E-state index in [0.29, 0.717) is 17.1 Å². The fourth-order valence-electron chi connectivity index (χ4n) is 0.864. The van der Waals surface area contributed by atoms with E-state index in [1.165, 1.54) is 6.07 Å². The summed E-state index contributed by atoms with van der Waals surface area (Å²) in [7, 11) is 0. The molecule has 1 rings (SSSR count). The lowest BCUT2D eigenvalue weighted by Crippen LogP contribution is -2.20. The molecule has 0 amide bonds. The standard InChI is InChI=1S/C7H8Cl2N2O/c8-5-1-4(3-11-10)7(12)6(9)2-5/h1-2,11-12H,3,10H2. The van der Waals surface area contributed by atoms with Crippen LogP contribution < -0.4 is 11.3 Å². The molecule has 0 saturated heterocycles. The zero-order valence-electron chi connectivity index (χ0n) is 6.14. The monoisotopic (exact) mass is 206 g/mol. The number of phenols is 1. The maximum absolute atomic E-state index is 9.37. The van der Waals surface area contributed by atoms with E-state index >= 15 is 0 Å². The van der Waals surface area contributed by atoms with Crippen molar-refractivity contribution in [2.75, 3.05) is 0 Å². The maximum Gasteiger partial charge on any atom is 0.138 e. The first-order valence-electron chi connectivity index (χ1n) is 3.25. The van der Waals surface area contributed by atoms with Crippen LogP contribution in [0.5, 0.6) is 5.75 Å². The van der Waals surface area contributed by atoms with Crippen LogP contribution in [-0.2, 0) is 6.54 Å². The molecule has 0 aliphatic heterocycles. The lowest BCUT2D eigenvalue weighted by Gasteiger charge is -2.05. The van der Waals surface area contributed by atoms with Gasteiger partial charge in [-0.1, -0.05) is 23.2 Å². The van der Waals surface area contributed by atoms with Gasteiger partial charge in [-0.15, -0.1) is 0 Å². The summed E-state index contributed by atoms with van der Waals surface area (Å²) in [6, 6.07) is 3.07. The largest absolute Gasteiger partial charge is 0.506 e. The molecule has 4 N–H and O–H groups in total. The number of aromatic hydroxyl groups is 1. The van der Waals surface area contributed by atoms with Crippen LogP contribution in [0.2, 0.25) is 10.0 Å². The molecule has 66 valence electrons. The third-order valence-electron chi connectivity index (χ3n) is 1.40. The number of hydrazine groups is 1. The number of rotatable bonds is 2. The highest BCUT2D eigenvalue weighted by Crippen LogP contribution is 2.30. The lowest BCUT2D eigenvalue weighted by atomic mass is 10.2. The van der Waals surface area contributed by atoms with Crippen molar-refractivity contribution in [3.63, 3.8) is 0 Å². The van der Waals surface area contributed by atoms with Gasteiger partial charge in [0.1, 0.15) is 5.75 Å². The Bertz CT molecular complexity index is 291. The molecular formula is C7H8Cl2N2O. The molecule has 0 bridgehead atoms. The van der Waals surface area contributed by atoms with Gasteiger partial charge in [0.05, 0.1) is 5.02 Å².